The highest BCUT2D eigenvalue weighted by atomic mass is 16.5. The first-order chi connectivity index (χ1) is 38.9. The van der Waals surface area contributed by atoms with Gasteiger partial charge in [-0.1, -0.05) is 99.6 Å². The van der Waals surface area contributed by atoms with Gasteiger partial charge in [-0.25, -0.2) is 4.79 Å². The largest absolute Gasteiger partial charge is 0.861 e. The summed E-state index contributed by atoms with van der Waals surface area (Å²) in [5, 5.41) is 81.6. The van der Waals surface area contributed by atoms with Gasteiger partial charge in [0.1, 0.15) is 30.2 Å². The molecule has 0 spiro atoms. The quantitative estimate of drug-likeness (QED) is 0.0129. The molecule has 0 saturated carbocycles. The molecule has 0 radical (unpaired) electrons. The Hall–Kier alpha value is -7.54. The van der Waals surface area contributed by atoms with Crippen molar-refractivity contribution in [1.29, 1.82) is 5.41 Å². The molecule has 84 heavy (non-hydrogen) atoms. The number of nitrogens with two attached hydrogens (primary N) is 4. The van der Waals surface area contributed by atoms with Gasteiger partial charge in [-0.2, -0.15) is 0 Å². The molecule has 474 valence electrons. The normalized spacial score (nSPS) is 16.2. The summed E-state index contributed by atoms with van der Waals surface area (Å²) in [6.45, 7) is 15.8. The highest BCUT2D eigenvalue weighted by Gasteiger charge is 2.43. The van der Waals surface area contributed by atoms with E-state index in [0.29, 0.717) is 0 Å². The predicted octanol–water partition coefficient (Wildman–Crippen LogP) is -5.10. The van der Waals surface area contributed by atoms with E-state index in [9.17, 15) is 68.7 Å². The molecule has 30 heteroatoms. The van der Waals surface area contributed by atoms with E-state index in [0.717, 1.165) is 0 Å². The SMILES string of the molecule is CC(C)C[C@@H](N)C(=O)N[C@@H](CC(C)(C)C)C(=O)N[C@H](C(=O)N[C@H](C(=O)N[C@@H](CC(C)C)C(=O)N[C@H](CCCN=C(N)N)C(=N)[O-])[C@H](O)C(C)C)[C@H](OC(=O)[C@H](CO)NC(=O)[C@@H](NC(=O)CNC(=O)[C@@H](C)[C@H](C)O)[C@H](O)C(N)=O)c1ccccc1. The van der Waals surface area contributed by atoms with Crippen LogP contribution >= 0.6 is 0 Å². The second-order valence-corrected chi connectivity index (χ2v) is 23.0. The summed E-state index contributed by atoms with van der Waals surface area (Å²) in [5.41, 5.74) is 21.5. The molecule has 1 aromatic carbocycles. The van der Waals surface area contributed by atoms with Crippen molar-refractivity contribution in [2.75, 3.05) is 19.7 Å². The van der Waals surface area contributed by atoms with Crippen LogP contribution in [0.2, 0.25) is 0 Å². The number of aliphatic hydroxyl groups is 4. The van der Waals surface area contributed by atoms with Crippen LogP contribution in [0.4, 0.5) is 0 Å². The lowest BCUT2D eigenvalue weighted by molar-refractivity contribution is -0.223. The molecule has 30 nitrogen and oxygen atoms in total. The summed E-state index contributed by atoms with van der Waals surface area (Å²) in [7, 11) is 0. The van der Waals surface area contributed by atoms with E-state index < -0.39 is 168 Å². The summed E-state index contributed by atoms with van der Waals surface area (Å²) < 4.78 is 5.90. The molecule has 0 aliphatic carbocycles. The lowest BCUT2D eigenvalue weighted by Gasteiger charge is -2.34. The number of hydrogen-bond acceptors (Lipinski definition) is 19. The van der Waals surface area contributed by atoms with Gasteiger partial charge < -0.3 is 101 Å². The average Bonchev–Trinajstić information content (AvgIpc) is 3.58. The molecule has 0 aromatic heterocycles. The van der Waals surface area contributed by atoms with Gasteiger partial charge in [0.2, 0.25) is 53.2 Å². The topological polar surface area (TPSA) is 520 Å². The minimum atomic E-state index is -2.49. The molecular weight excluding hydrogens is 1100 g/mol. The van der Waals surface area contributed by atoms with Gasteiger partial charge in [-0.3, -0.25) is 48.1 Å². The first-order valence-electron chi connectivity index (χ1n) is 27.6. The summed E-state index contributed by atoms with van der Waals surface area (Å²) >= 11 is 0. The van der Waals surface area contributed by atoms with Gasteiger partial charge in [-0.15, -0.1) is 0 Å². The van der Waals surface area contributed by atoms with Crippen LogP contribution in [0.5, 0.6) is 0 Å². The fourth-order valence-corrected chi connectivity index (χ4v) is 8.03. The van der Waals surface area contributed by atoms with Crippen LogP contribution in [0.3, 0.4) is 0 Å². The number of guanidine groups is 1. The van der Waals surface area contributed by atoms with Gasteiger partial charge in [0.05, 0.1) is 43.4 Å². The number of nitrogens with one attached hydrogen (secondary N) is 9. The summed E-state index contributed by atoms with van der Waals surface area (Å²) in [4.78, 5) is 142. The maximum Gasteiger partial charge on any atom is 0.331 e. The Labute approximate surface area is 489 Å². The first-order valence-corrected chi connectivity index (χ1v) is 27.6. The van der Waals surface area contributed by atoms with E-state index >= 15 is 4.79 Å². The summed E-state index contributed by atoms with van der Waals surface area (Å²) in [6, 6.07) is -6.98. The molecular formula is C54H91N14O16-. The molecule has 1 aromatic rings. The maximum atomic E-state index is 15.2. The summed E-state index contributed by atoms with van der Waals surface area (Å²) in [5.74, 6) is -15.4. The van der Waals surface area contributed by atoms with E-state index in [1.54, 1.807) is 34.6 Å². The Kier molecular flexibility index (Phi) is 31.5. The zero-order valence-corrected chi connectivity index (χ0v) is 49.7. The Bertz CT molecular complexity index is 2420. The standard InChI is InChI=1S/C54H92N14O16/c1-25(2)20-31(55)46(77)64-34(22-54(9,10)11)48(79)68-39(51(82)67-37(40(72)27(5)6)49(80)63-33(21-26(3)4)47(78)62-32(43(56)74)18-15-19-60-53(58)59)42(30-16-13-12-14-17-30)84-52(83)35(24-69)65-50(81)38(41(73)44(57)75)66-36(71)23-61-45(76)28(7)29(8)70/h12-14,16-17,25-29,31-35,37-42,69-70,72-73H,15,18-24,55H2,1-11H3,(H2,56,74)(H2,57,75)(H,61,76)(H,62,78)(H,63,80)(H,64,77)(H,65,81)(H,66,71)(H,67,82)(H,68,79)(H4,58,59,60)/p-1/t28-,29-,31+,32+,33-,34-,35-,37-,38-,39-,40+,41-,42+/m0/s1. The number of nitrogens with zero attached hydrogens (tertiary/aromatic N) is 1. The monoisotopic (exact) mass is 1190 g/mol. The van der Waals surface area contributed by atoms with Crippen molar-refractivity contribution in [2.24, 2.45) is 57.0 Å². The Morgan fingerprint density at radius 3 is 1.67 bits per heavy atom. The Morgan fingerprint density at radius 1 is 0.655 bits per heavy atom. The van der Waals surface area contributed by atoms with Crippen LogP contribution in [0.1, 0.15) is 120 Å². The zero-order valence-electron chi connectivity index (χ0n) is 49.7. The number of aliphatic imine (C=N–C) groups is 1. The third kappa shape index (κ3) is 26.4. The number of carbonyl (C=O) groups is 10. The number of ether oxygens (including phenoxy) is 1. The minimum Gasteiger partial charge on any atom is -0.861 e. The lowest BCUT2D eigenvalue weighted by Crippen LogP contribution is -2.64. The Balaban J connectivity index is 4.11. The number of amides is 9. The van der Waals surface area contributed by atoms with Crippen LogP contribution in [-0.2, 0) is 52.7 Å². The molecule has 21 N–H and O–H groups in total. The smallest absolute Gasteiger partial charge is 0.331 e. The fraction of sp³-hybridized carbons (Fsp3) is 0.667. The van der Waals surface area contributed by atoms with Gasteiger partial charge in [0.15, 0.2) is 24.2 Å². The lowest BCUT2D eigenvalue weighted by atomic mass is 9.87. The summed E-state index contributed by atoms with van der Waals surface area (Å²) in [6.07, 6.45) is -7.29. The van der Waals surface area contributed by atoms with Crippen molar-refractivity contribution in [3.8, 4) is 0 Å². The molecule has 0 aliphatic rings. The number of carbonyl (C=O) groups excluding carboxylic acids is 10. The zero-order chi connectivity index (χ0) is 64.5. The van der Waals surface area contributed by atoms with Crippen LogP contribution in [0, 0.1) is 34.5 Å². The first kappa shape index (κ1) is 74.5. The third-order valence-corrected chi connectivity index (χ3v) is 12.8. The number of primary amides is 1. The van der Waals surface area contributed by atoms with Crippen molar-refractivity contribution in [3.05, 3.63) is 35.9 Å². The van der Waals surface area contributed by atoms with Crippen LogP contribution in [0.25, 0.3) is 0 Å². The molecule has 0 unspecified atom stereocenters. The third-order valence-electron chi connectivity index (χ3n) is 12.8. The number of aliphatic hydroxyl groups excluding tert-OH is 4. The molecule has 0 saturated heterocycles. The van der Waals surface area contributed by atoms with Crippen molar-refractivity contribution in [1.82, 2.24) is 42.5 Å². The number of benzene rings is 1. The highest BCUT2D eigenvalue weighted by Crippen LogP contribution is 2.26. The number of rotatable bonds is 36. The molecule has 0 aliphatic heterocycles. The second-order valence-electron chi connectivity index (χ2n) is 23.0. The van der Waals surface area contributed by atoms with Crippen LogP contribution < -0.4 is 70.6 Å². The van der Waals surface area contributed by atoms with E-state index in [2.05, 4.69) is 36.9 Å². The Morgan fingerprint density at radius 2 is 1.17 bits per heavy atom. The van der Waals surface area contributed by atoms with Crippen molar-refractivity contribution in [3.63, 3.8) is 0 Å². The average molecular weight is 1190 g/mol. The van der Waals surface area contributed by atoms with E-state index in [-0.39, 0.29) is 62.0 Å². The van der Waals surface area contributed by atoms with Gasteiger partial charge in [0.25, 0.3) is 0 Å². The number of esters is 1. The van der Waals surface area contributed by atoms with Crippen molar-refractivity contribution >= 4 is 71.0 Å². The van der Waals surface area contributed by atoms with E-state index in [4.69, 9.17) is 33.1 Å². The molecule has 0 fully saturated rings. The van der Waals surface area contributed by atoms with Crippen LogP contribution in [0.15, 0.2) is 35.3 Å². The van der Waals surface area contributed by atoms with E-state index in [1.165, 1.54) is 58.0 Å². The fourth-order valence-electron chi connectivity index (χ4n) is 8.03. The van der Waals surface area contributed by atoms with Gasteiger partial charge in [-0.05, 0) is 73.7 Å². The maximum absolute atomic E-state index is 15.2. The highest BCUT2D eigenvalue weighted by molar-refractivity contribution is 5.99. The van der Waals surface area contributed by atoms with Gasteiger partial charge >= 0.3 is 5.97 Å². The van der Waals surface area contributed by atoms with Crippen molar-refractivity contribution in [2.45, 2.75) is 181 Å². The second kappa shape index (κ2) is 35.6. The minimum absolute atomic E-state index is 0.0517. The van der Waals surface area contributed by atoms with E-state index in [1.807, 2.05) is 24.5 Å². The van der Waals surface area contributed by atoms with Crippen LogP contribution in [-0.4, -0.2) is 178 Å². The molecule has 0 bridgehead atoms. The number of hydrogen-bond donors (Lipinski definition) is 17. The molecule has 9 amide bonds. The molecule has 13 atom stereocenters. The van der Waals surface area contributed by atoms with Gasteiger partial charge in [0, 0.05) is 6.54 Å². The molecule has 0 heterocycles. The molecule has 1 rings (SSSR count). The predicted molar refractivity (Wildman–Crippen MR) is 304 cm³/mol. The van der Waals surface area contributed by atoms with Crippen molar-refractivity contribution < 1.29 is 78.2 Å².